The molecule has 5 rings (SSSR count). The van der Waals surface area contributed by atoms with Crippen LogP contribution in [-0.2, 0) is 15.0 Å². The number of fused-ring (bicyclic) bond motifs is 1. The number of benzene rings is 3. The van der Waals surface area contributed by atoms with Crippen LogP contribution in [0.4, 0.5) is 5.13 Å². The molecule has 1 aromatic heterocycles. The van der Waals surface area contributed by atoms with Crippen molar-refractivity contribution in [3.8, 4) is 5.75 Å². The molecule has 0 saturated carbocycles. The number of ketones is 1. The number of hydrogen-bond donors (Lipinski definition) is 1. The maximum absolute atomic E-state index is 13.6. The summed E-state index contributed by atoms with van der Waals surface area (Å²) >= 11 is 1.36. The zero-order valence-electron chi connectivity index (χ0n) is 22.3. The maximum atomic E-state index is 13.6. The number of rotatable bonds is 4. The fourth-order valence-corrected chi connectivity index (χ4v) is 5.91. The van der Waals surface area contributed by atoms with Gasteiger partial charge in [-0.15, -0.1) is 0 Å². The first-order valence-electron chi connectivity index (χ1n) is 12.4. The summed E-state index contributed by atoms with van der Waals surface area (Å²) in [6, 6.07) is 18.1. The summed E-state index contributed by atoms with van der Waals surface area (Å²) in [5.74, 6) is -1.01. The second kappa shape index (κ2) is 9.40. The fraction of sp³-hybridized carbons (Fsp3) is 0.258. The molecule has 1 unspecified atom stereocenters. The van der Waals surface area contributed by atoms with Gasteiger partial charge in [0.15, 0.2) is 5.13 Å². The predicted molar refractivity (Wildman–Crippen MR) is 152 cm³/mol. The molecule has 2 heterocycles. The molecule has 0 spiro atoms. The second-order valence-corrected chi connectivity index (χ2v) is 11.7. The van der Waals surface area contributed by atoms with Crippen molar-refractivity contribution in [2.24, 2.45) is 0 Å². The van der Waals surface area contributed by atoms with Gasteiger partial charge in [0.1, 0.15) is 11.5 Å². The lowest BCUT2D eigenvalue weighted by molar-refractivity contribution is -0.132. The van der Waals surface area contributed by atoms with Gasteiger partial charge in [-0.2, -0.15) is 0 Å². The van der Waals surface area contributed by atoms with E-state index in [0.29, 0.717) is 16.4 Å². The van der Waals surface area contributed by atoms with Crippen molar-refractivity contribution in [1.82, 2.24) is 4.98 Å². The molecule has 1 aliphatic rings. The Morgan fingerprint density at radius 1 is 1.00 bits per heavy atom. The number of aromatic nitrogens is 1. The molecule has 0 radical (unpaired) electrons. The average Bonchev–Trinajstić information content (AvgIpc) is 3.40. The summed E-state index contributed by atoms with van der Waals surface area (Å²) in [5, 5.41) is 11.9. The van der Waals surface area contributed by atoms with Gasteiger partial charge >= 0.3 is 5.91 Å². The van der Waals surface area contributed by atoms with Gasteiger partial charge < -0.3 is 9.84 Å². The summed E-state index contributed by atoms with van der Waals surface area (Å²) < 4.78 is 6.28. The number of carbonyl (C=O) groups is 2. The number of methoxy groups -OCH3 is 1. The van der Waals surface area contributed by atoms with E-state index in [0.717, 1.165) is 32.5 Å². The first-order chi connectivity index (χ1) is 18.0. The standard InChI is InChI=1S/C31H30N2O4S/c1-17-7-13-22-24(15-17)38-30(32-22)33-26(19-8-11-21(12-9-19)31(3,4)5)25(28(35)29(33)36)27(34)20-10-14-23(37-6)18(2)16-20/h7-16,26,34H,1-6H3/b27-25+. The molecule has 7 heteroatoms. The third-order valence-corrected chi connectivity index (χ3v) is 7.96. The smallest absolute Gasteiger partial charge is 0.301 e. The normalized spacial score (nSPS) is 17.4. The van der Waals surface area contributed by atoms with E-state index >= 15 is 0 Å². The van der Waals surface area contributed by atoms with E-state index in [9.17, 15) is 14.7 Å². The Morgan fingerprint density at radius 2 is 1.71 bits per heavy atom. The van der Waals surface area contributed by atoms with Crippen molar-refractivity contribution >= 4 is 44.1 Å². The summed E-state index contributed by atoms with van der Waals surface area (Å²) in [7, 11) is 1.58. The minimum atomic E-state index is -0.826. The Morgan fingerprint density at radius 3 is 2.34 bits per heavy atom. The lowest BCUT2D eigenvalue weighted by Crippen LogP contribution is -2.29. The topological polar surface area (TPSA) is 79.7 Å². The highest BCUT2D eigenvalue weighted by molar-refractivity contribution is 7.22. The minimum absolute atomic E-state index is 0.0403. The van der Waals surface area contributed by atoms with E-state index in [2.05, 4.69) is 20.8 Å². The number of thiazole rings is 1. The molecule has 0 aliphatic carbocycles. The van der Waals surface area contributed by atoms with Crippen molar-refractivity contribution in [2.75, 3.05) is 12.0 Å². The van der Waals surface area contributed by atoms with Gasteiger partial charge in [0, 0.05) is 5.56 Å². The average molecular weight is 527 g/mol. The predicted octanol–water partition coefficient (Wildman–Crippen LogP) is 6.85. The Bertz CT molecular complexity index is 1610. The number of ether oxygens (including phenoxy) is 1. The fourth-order valence-electron chi connectivity index (χ4n) is 4.81. The van der Waals surface area contributed by atoms with Crippen LogP contribution in [0.2, 0.25) is 0 Å². The number of Topliss-reactive ketones (excluding diaryl/α,β-unsaturated/α-hetero) is 1. The van der Waals surface area contributed by atoms with Crippen molar-refractivity contribution < 1.29 is 19.4 Å². The Hall–Kier alpha value is -3.97. The number of anilines is 1. The van der Waals surface area contributed by atoms with E-state index in [-0.39, 0.29) is 16.7 Å². The molecule has 1 atom stereocenters. The van der Waals surface area contributed by atoms with Crippen LogP contribution in [0.3, 0.4) is 0 Å². The highest BCUT2D eigenvalue weighted by Gasteiger charge is 2.48. The van der Waals surface area contributed by atoms with E-state index in [1.807, 2.05) is 56.3 Å². The number of amides is 1. The Balaban J connectivity index is 1.71. The monoisotopic (exact) mass is 526 g/mol. The molecule has 0 bridgehead atoms. The SMILES string of the molecule is COc1ccc(/C(O)=C2\C(=O)C(=O)N(c3nc4ccc(C)cc4s3)C2c2ccc(C(C)(C)C)cc2)cc1C. The molecule has 194 valence electrons. The molecule has 6 nitrogen and oxygen atoms in total. The lowest BCUT2D eigenvalue weighted by Gasteiger charge is -2.24. The lowest BCUT2D eigenvalue weighted by atomic mass is 9.85. The largest absolute Gasteiger partial charge is 0.507 e. The molecule has 38 heavy (non-hydrogen) atoms. The molecular weight excluding hydrogens is 496 g/mol. The summed E-state index contributed by atoms with van der Waals surface area (Å²) in [6.07, 6.45) is 0. The molecule has 1 amide bonds. The van der Waals surface area contributed by atoms with Crippen LogP contribution in [0.15, 0.2) is 66.2 Å². The van der Waals surface area contributed by atoms with Gasteiger partial charge in [-0.25, -0.2) is 4.98 Å². The third kappa shape index (κ3) is 4.37. The second-order valence-electron chi connectivity index (χ2n) is 10.7. The van der Waals surface area contributed by atoms with E-state index in [4.69, 9.17) is 9.72 Å². The van der Waals surface area contributed by atoms with Crippen LogP contribution in [-0.4, -0.2) is 28.9 Å². The highest BCUT2D eigenvalue weighted by atomic mass is 32.1. The molecule has 4 aromatic rings. The quantitative estimate of drug-likeness (QED) is 0.179. The van der Waals surface area contributed by atoms with Gasteiger partial charge in [-0.1, -0.05) is 62.4 Å². The van der Waals surface area contributed by atoms with Crippen LogP contribution in [0, 0.1) is 13.8 Å². The first-order valence-corrected chi connectivity index (χ1v) is 13.2. The van der Waals surface area contributed by atoms with E-state index in [1.165, 1.54) is 16.2 Å². The number of nitrogens with zero attached hydrogens (tertiary/aromatic N) is 2. The number of aliphatic hydroxyl groups excluding tert-OH is 1. The van der Waals surface area contributed by atoms with Gasteiger partial charge in [0.2, 0.25) is 0 Å². The van der Waals surface area contributed by atoms with Gasteiger partial charge in [-0.3, -0.25) is 14.5 Å². The zero-order chi connectivity index (χ0) is 27.4. The van der Waals surface area contributed by atoms with Crippen LogP contribution in [0.5, 0.6) is 5.75 Å². The molecule has 3 aromatic carbocycles. The van der Waals surface area contributed by atoms with Crippen LogP contribution >= 0.6 is 11.3 Å². The Kier molecular flexibility index (Phi) is 6.35. The maximum Gasteiger partial charge on any atom is 0.301 e. The third-order valence-electron chi connectivity index (χ3n) is 6.94. The van der Waals surface area contributed by atoms with Crippen LogP contribution < -0.4 is 9.64 Å². The van der Waals surface area contributed by atoms with Crippen LogP contribution in [0.1, 0.15) is 54.6 Å². The number of aliphatic hydroxyl groups is 1. The van der Waals surface area contributed by atoms with Crippen molar-refractivity contribution in [1.29, 1.82) is 0 Å². The minimum Gasteiger partial charge on any atom is -0.507 e. The van der Waals surface area contributed by atoms with Gasteiger partial charge in [0.25, 0.3) is 5.78 Å². The first kappa shape index (κ1) is 25.7. The summed E-state index contributed by atoms with van der Waals surface area (Å²) in [6.45, 7) is 10.2. The molecular formula is C31H30N2O4S. The van der Waals surface area contributed by atoms with Crippen molar-refractivity contribution in [2.45, 2.75) is 46.1 Å². The molecule has 1 saturated heterocycles. The van der Waals surface area contributed by atoms with Gasteiger partial charge in [0.05, 0.1) is 28.9 Å². The summed E-state index contributed by atoms with van der Waals surface area (Å²) in [5.41, 5.74) is 4.91. The molecule has 1 N–H and O–H groups in total. The highest BCUT2D eigenvalue weighted by Crippen LogP contribution is 2.45. The van der Waals surface area contributed by atoms with Crippen molar-refractivity contribution in [3.63, 3.8) is 0 Å². The van der Waals surface area contributed by atoms with E-state index in [1.54, 1.807) is 25.3 Å². The van der Waals surface area contributed by atoms with Crippen LogP contribution in [0.25, 0.3) is 16.0 Å². The Labute approximate surface area is 226 Å². The molecule has 1 aliphatic heterocycles. The number of aryl methyl sites for hydroxylation is 2. The zero-order valence-corrected chi connectivity index (χ0v) is 23.1. The molecule has 1 fully saturated rings. The number of hydrogen-bond acceptors (Lipinski definition) is 6. The summed E-state index contributed by atoms with van der Waals surface area (Å²) in [4.78, 5) is 33.2. The van der Waals surface area contributed by atoms with Gasteiger partial charge in [-0.05, 0) is 71.8 Å². The van der Waals surface area contributed by atoms with Crippen molar-refractivity contribution in [3.05, 3.63) is 94.1 Å². The van der Waals surface area contributed by atoms with E-state index < -0.39 is 17.7 Å². The number of carbonyl (C=O) groups excluding carboxylic acids is 2.